The number of nitrogens with zero attached hydrogens (tertiary/aromatic N) is 1. The molecule has 0 bridgehead atoms. The first kappa shape index (κ1) is 12.5. The summed E-state index contributed by atoms with van der Waals surface area (Å²) in [5, 5.41) is 6.14. The zero-order valence-corrected chi connectivity index (χ0v) is 11.1. The van der Waals surface area contributed by atoms with Crippen molar-refractivity contribution in [3.8, 4) is 5.75 Å². The molecule has 0 saturated heterocycles. The predicted molar refractivity (Wildman–Crippen MR) is 76.7 cm³/mol. The zero-order valence-electron chi connectivity index (χ0n) is 11.1. The number of hydrogen-bond acceptors (Lipinski definition) is 4. The molecule has 1 unspecified atom stereocenters. The van der Waals surface area contributed by atoms with Crippen molar-refractivity contribution in [2.24, 2.45) is 0 Å². The maximum Gasteiger partial charge on any atom is 0.265 e. The van der Waals surface area contributed by atoms with Crippen molar-refractivity contribution in [3.63, 3.8) is 0 Å². The lowest BCUT2D eigenvalue weighted by atomic mass is 10.2. The normalized spacial score (nSPS) is 16.9. The Morgan fingerprint density at radius 1 is 1.30 bits per heavy atom. The van der Waals surface area contributed by atoms with Crippen LogP contribution in [-0.4, -0.2) is 17.0 Å². The molecule has 3 rings (SSSR count). The Bertz CT molecular complexity index is 628. The van der Waals surface area contributed by atoms with Crippen LogP contribution < -0.4 is 15.4 Å². The summed E-state index contributed by atoms with van der Waals surface area (Å²) >= 11 is 0. The molecule has 2 aromatic rings. The smallest absolute Gasteiger partial charge is 0.265 e. The number of hydrogen-bond donors (Lipinski definition) is 2. The highest BCUT2D eigenvalue weighted by atomic mass is 16.5. The van der Waals surface area contributed by atoms with E-state index in [-0.39, 0.29) is 5.91 Å². The maximum absolute atomic E-state index is 11.6. The van der Waals surface area contributed by atoms with Gasteiger partial charge in [-0.1, -0.05) is 0 Å². The summed E-state index contributed by atoms with van der Waals surface area (Å²) in [6, 6.07) is 9.58. The molecule has 1 aliphatic heterocycles. The fourth-order valence-electron chi connectivity index (χ4n) is 2.02. The van der Waals surface area contributed by atoms with E-state index in [1.54, 1.807) is 19.3 Å². The van der Waals surface area contributed by atoms with Gasteiger partial charge in [0.05, 0.1) is 5.69 Å². The fraction of sp³-hybridized carbons (Fsp3) is 0.200. The van der Waals surface area contributed by atoms with Crippen LogP contribution in [0.2, 0.25) is 0 Å². The minimum atomic E-state index is -0.446. The second-order valence-corrected chi connectivity index (χ2v) is 4.67. The first-order valence-corrected chi connectivity index (χ1v) is 6.47. The zero-order chi connectivity index (χ0) is 13.9. The van der Waals surface area contributed by atoms with E-state index in [1.165, 1.54) is 0 Å². The molecule has 1 atom stereocenters. The molecule has 102 valence electrons. The lowest BCUT2D eigenvalue weighted by Gasteiger charge is -2.23. The summed E-state index contributed by atoms with van der Waals surface area (Å²) in [4.78, 5) is 15.6. The molecule has 0 radical (unpaired) electrons. The van der Waals surface area contributed by atoms with Crippen molar-refractivity contribution < 1.29 is 9.53 Å². The van der Waals surface area contributed by atoms with Crippen LogP contribution in [0.15, 0.2) is 42.7 Å². The summed E-state index contributed by atoms with van der Waals surface area (Å²) in [6.45, 7) is 2.43. The molecule has 1 aromatic carbocycles. The summed E-state index contributed by atoms with van der Waals surface area (Å²) in [5.41, 5.74) is 2.78. The van der Waals surface area contributed by atoms with Gasteiger partial charge in [-0.2, -0.15) is 0 Å². The quantitative estimate of drug-likeness (QED) is 0.898. The number of aromatic nitrogens is 1. The van der Waals surface area contributed by atoms with E-state index in [9.17, 15) is 4.79 Å². The maximum atomic E-state index is 11.6. The van der Waals surface area contributed by atoms with E-state index in [0.29, 0.717) is 18.0 Å². The topological polar surface area (TPSA) is 63.2 Å². The summed E-state index contributed by atoms with van der Waals surface area (Å²) in [7, 11) is 0. The standard InChI is InChI=1S/C15H15N3O2/c1-10-15(19)18-13-8-12(2-3-14(13)20-10)17-9-11-4-6-16-7-5-11/h2-8,10,17H,9H2,1H3,(H,18,19). The van der Waals surface area contributed by atoms with Gasteiger partial charge in [-0.25, -0.2) is 0 Å². The van der Waals surface area contributed by atoms with E-state index in [4.69, 9.17) is 4.74 Å². The van der Waals surface area contributed by atoms with Crippen molar-refractivity contribution >= 4 is 17.3 Å². The first-order valence-electron chi connectivity index (χ1n) is 6.47. The molecule has 0 spiro atoms. The molecule has 0 fully saturated rings. The number of anilines is 2. The van der Waals surface area contributed by atoms with E-state index in [1.807, 2.05) is 30.3 Å². The second kappa shape index (κ2) is 5.21. The number of nitrogens with one attached hydrogen (secondary N) is 2. The monoisotopic (exact) mass is 269 g/mol. The van der Waals surface area contributed by atoms with Gasteiger partial charge in [0.25, 0.3) is 5.91 Å². The summed E-state index contributed by atoms with van der Waals surface area (Å²) < 4.78 is 5.51. The molecule has 1 amide bonds. The molecule has 5 heteroatoms. The Hall–Kier alpha value is -2.56. The Morgan fingerprint density at radius 2 is 2.10 bits per heavy atom. The summed E-state index contributed by atoms with van der Waals surface area (Å²) in [5.74, 6) is 0.579. The van der Waals surface area contributed by atoms with Crippen LogP contribution in [0.1, 0.15) is 12.5 Å². The van der Waals surface area contributed by atoms with Crippen LogP contribution in [-0.2, 0) is 11.3 Å². The number of ether oxygens (including phenoxy) is 1. The van der Waals surface area contributed by atoms with Crippen molar-refractivity contribution in [3.05, 3.63) is 48.3 Å². The molecular formula is C15H15N3O2. The van der Waals surface area contributed by atoms with Crippen LogP contribution >= 0.6 is 0 Å². The highest BCUT2D eigenvalue weighted by Crippen LogP contribution is 2.32. The summed E-state index contributed by atoms with van der Waals surface area (Å²) in [6.07, 6.45) is 3.08. The van der Waals surface area contributed by atoms with Gasteiger partial charge in [-0.15, -0.1) is 0 Å². The van der Waals surface area contributed by atoms with Gasteiger partial charge in [0.15, 0.2) is 6.10 Å². The molecule has 0 saturated carbocycles. The van der Waals surface area contributed by atoms with Gasteiger partial charge in [-0.05, 0) is 42.8 Å². The minimum Gasteiger partial charge on any atom is -0.479 e. The number of carbonyl (C=O) groups is 1. The third kappa shape index (κ3) is 2.56. The first-order chi connectivity index (χ1) is 9.72. The molecule has 20 heavy (non-hydrogen) atoms. The molecule has 1 aromatic heterocycles. The largest absolute Gasteiger partial charge is 0.479 e. The third-order valence-corrected chi connectivity index (χ3v) is 3.16. The number of pyridine rings is 1. The van der Waals surface area contributed by atoms with E-state index in [2.05, 4.69) is 15.6 Å². The van der Waals surface area contributed by atoms with Gasteiger partial charge in [-0.3, -0.25) is 9.78 Å². The number of amides is 1. The van der Waals surface area contributed by atoms with Crippen LogP contribution in [0.3, 0.4) is 0 Å². The van der Waals surface area contributed by atoms with E-state index in [0.717, 1.165) is 11.3 Å². The van der Waals surface area contributed by atoms with Crippen LogP contribution in [0.4, 0.5) is 11.4 Å². The van der Waals surface area contributed by atoms with Gasteiger partial charge >= 0.3 is 0 Å². The number of benzene rings is 1. The Kier molecular flexibility index (Phi) is 3.25. The average Bonchev–Trinajstić information content (AvgIpc) is 2.47. The predicted octanol–water partition coefficient (Wildman–Crippen LogP) is 2.41. The number of carbonyl (C=O) groups excluding carboxylic acids is 1. The molecule has 1 aliphatic rings. The SMILES string of the molecule is CC1Oc2ccc(NCc3ccncc3)cc2NC1=O. The molecule has 5 nitrogen and oxygen atoms in total. The van der Waals surface area contributed by atoms with Gasteiger partial charge in [0.1, 0.15) is 5.75 Å². The van der Waals surface area contributed by atoms with Crippen LogP contribution in [0.25, 0.3) is 0 Å². The Labute approximate surface area is 117 Å². The second-order valence-electron chi connectivity index (χ2n) is 4.67. The average molecular weight is 269 g/mol. The molecule has 2 heterocycles. The number of rotatable bonds is 3. The Balaban J connectivity index is 1.73. The van der Waals surface area contributed by atoms with Crippen LogP contribution in [0.5, 0.6) is 5.75 Å². The lowest BCUT2D eigenvalue weighted by molar-refractivity contribution is -0.122. The van der Waals surface area contributed by atoms with Crippen LogP contribution in [0, 0.1) is 0 Å². The van der Waals surface area contributed by atoms with E-state index < -0.39 is 6.10 Å². The van der Waals surface area contributed by atoms with Crippen molar-refractivity contribution in [1.82, 2.24) is 4.98 Å². The van der Waals surface area contributed by atoms with Gasteiger partial charge < -0.3 is 15.4 Å². The van der Waals surface area contributed by atoms with Gasteiger partial charge in [0, 0.05) is 24.6 Å². The third-order valence-electron chi connectivity index (χ3n) is 3.16. The lowest BCUT2D eigenvalue weighted by Crippen LogP contribution is -2.34. The molecule has 0 aliphatic carbocycles. The minimum absolute atomic E-state index is 0.121. The van der Waals surface area contributed by atoms with Crippen molar-refractivity contribution in [1.29, 1.82) is 0 Å². The highest BCUT2D eigenvalue weighted by Gasteiger charge is 2.23. The number of fused-ring (bicyclic) bond motifs is 1. The molecule has 2 N–H and O–H groups in total. The van der Waals surface area contributed by atoms with Crippen molar-refractivity contribution in [2.75, 3.05) is 10.6 Å². The van der Waals surface area contributed by atoms with Crippen molar-refractivity contribution in [2.45, 2.75) is 19.6 Å². The van der Waals surface area contributed by atoms with E-state index >= 15 is 0 Å². The fourth-order valence-corrected chi connectivity index (χ4v) is 2.02. The molecular weight excluding hydrogens is 254 g/mol. The highest BCUT2D eigenvalue weighted by molar-refractivity contribution is 5.98. The Morgan fingerprint density at radius 3 is 2.90 bits per heavy atom. The van der Waals surface area contributed by atoms with Gasteiger partial charge in [0.2, 0.25) is 0 Å².